The van der Waals surface area contributed by atoms with Crippen molar-refractivity contribution in [3.05, 3.63) is 23.4 Å². The lowest BCUT2D eigenvalue weighted by atomic mass is 10.3. The summed E-state index contributed by atoms with van der Waals surface area (Å²) in [6.45, 7) is 6.82. The molecule has 0 unspecified atom stereocenters. The largest absolute Gasteiger partial charge is 0.477 e. The molecule has 1 aromatic heterocycles. The quantitative estimate of drug-likeness (QED) is 0.686. The third kappa shape index (κ3) is 2.22. The minimum atomic E-state index is 0.747. The van der Waals surface area contributed by atoms with Gasteiger partial charge in [-0.25, -0.2) is 4.98 Å². The molecule has 0 radical (unpaired) electrons. The molecule has 1 rings (SSSR count). The third-order valence-electron chi connectivity index (χ3n) is 1.63. The summed E-state index contributed by atoms with van der Waals surface area (Å²) < 4.78 is 5.46. The van der Waals surface area contributed by atoms with E-state index in [1.54, 1.807) is 0 Å². The minimum Gasteiger partial charge on any atom is -0.477 e. The number of nitrogens with zero attached hydrogens (tertiary/aromatic N) is 1. The number of aromatic nitrogens is 1. The number of rotatable bonds is 3. The van der Waals surface area contributed by atoms with Crippen molar-refractivity contribution in [1.29, 1.82) is 0 Å². The van der Waals surface area contributed by atoms with Crippen molar-refractivity contribution in [2.24, 2.45) is 0 Å². The van der Waals surface area contributed by atoms with Crippen molar-refractivity contribution in [3.8, 4) is 5.88 Å². The number of pyridine rings is 1. The van der Waals surface area contributed by atoms with Crippen molar-refractivity contribution in [3.63, 3.8) is 0 Å². The van der Waals surface area contributed by atoms with E-state index in [4.69, 9.17) is 4.74 Å². The molecule has 0 saturated carbocycles. The summed E-state index contributed by atoms with van der Waals surface area (Å²) in [7, 11) is 0. The molecule has 0 bridgehead atoms. The van der Waals surface area contributed by atoms with Crippen LogP contribution in [0.2, 0.25) is 0 Å². The van der Waals surface area contributed by atoms with Crippen LogP contribution < -0.4 is 4.74 Å². The van der Waals surface area contributed by atoms with E-state index < -0.39 is 0 Å². The Labute approximate surface area is 73.6 Å². The molecule has 0 aliphatic carbocycles. The summed E-state index contributed by atoms with van der Waals surface area (Å²) in [4.78, 5) is 4.29. The molecule has 0 fully saturated rings. The topological polar surface area (TPSA) is 22.1 Å². The zero-order valence-corrected chi connectivity index (χ0v) is 7.92. The lowest BCUT2D eigenvalue weighted by Crippen LogP contribution is -1.99. The molecule has 1 aromatic rings. The Bertz CT molecular complexity index is 258. The van der Waals surface area contributed by atoms with Gasteiger partial charge in [-0.1, -0.05) is 13.0 Å². The van der Waals surface area contributed by atoms with Crippen LogP contribution >= 0.6 is 0 Å². The van der Waals surface area contributed by atoms with Crippen LogP contribution in [0, 0.1) is 13.8 Å². The summed E-state index contributed by atoms with van der Waals surface area (Å²) in [5, 5.41) is 0. The molecule has 66 valence electrons. The van der Waals surface area contributed by atoms with E-state index >= 15 is 0 Å². The first-order valence-corrected chi connectivity index (χ1v) is 4.31. The van der Waals surface area contributed by atoms with Crippen LogP contribution in [0.5, 0.6) is 5.88 Å². The van der Waals surface area contributed by atoms with Crippen molar-refractivity contribution in [2.75, 3.05) is 6.61 Å². The summed E-state index contributed by atoms with van der Waals surface area (Å²) in [5.74, 6) is 0.775. The SMILES string of the molecule is CCCOc1nc(C)ccc1C. The summed E-state index contributed by atoms with van der Waals surface area (Å²) in [6.07, 6.45) is 1.02. The highest BCUT2D eigenvalue weighted by atomic mass is 16.5. The highest BCUT2D eigenvalue weighted by Gasteiger charge is 1.99. The van der Waals surface area contributed by atoms with Crippen LogP contribution in [0.3, 0.4) is 0 Å². The highest BCUT2D eigenvalue weighted by molar-refractivity contribution is 5.26. The van der Waals surface area contributed by atoms with Crippen LogP contribution in [0.25, 0.3) is 0 Å². The van der Waals surface area contributed by atoms with Crippen LogP contribution in [-0.2, 0) is 0 Å². The summed E-state index contributed by atoms with van der Waals surface area (Å²) in [5.41, 5.74) is 2.11. The number of hydrogen-bond acceptors (Lipinski definition) is 2. The number of hydrogen-bond donors (Lipinski definition) is 0. The van der Waals surface area contributed by atoms with E-state index in [1.165, 1.54) is 0 Å². The van der Waals surface area contributed by atoms with Crippen molar-refractivity contribution in [1.82, 2.24) is 4.98 Å². The van der Waals surface area contributed by atoms with E-state index in [-0.39, 0.29) is 0 Å². The Morgan fingerprint density at radius 3 is 2.75 bits per heavy atom. The van der Waals surface area contributed by atoms with Gasteiger partial charge >= 0.3 is 0 Å². The molecular weight excluding hydrogens is 150 g/mol. The highest BCUT2D eigenvalue weighted by Crippen LogP contribution is 2.14. The molecule has 0 amide bonds. The molecule has 0 spiro atoms. The smallest absolute Gasteiger partial charge is 0.216 e. The predicted molar refractivity (Wildman–Crippen MR) is 49.5 cm³/mol. The molecule has 12 heavy (non-hydrogen) atoms. The Morgan fingerprint density at radius 1 is 1.33 bits per heavy atom. The first kappa shape index (κ1) is 9.04. The molecule has 0 aliphatic rings. The maximum atomic E-state index is 5.46. The van der Waals surface area contributed by atoms with Gasteiger partial charge in [0.25, 0.3) is 0 Å². The van der Waals surface area contributed by atoms with Gasteiger partial charge in [-0.05, 0) is 26.3 Å². The van der Waals surface area contributed by atoms with Gasteiger partial charge in [-0.2, -0.15) is 0 Å². The number of aryl methyl sites for hydroxylation is 2. The van der Waals surface area contributed by atoms with Gasteiger partial charge in [0, 0.05) is 11.3 Å². The van der Waals surface area contributed by atoms with E-state index in [0.29, 0.717) is 0 Å². The lowest BCUT2D eigenvalue weighted by molar-refractivity contribution is 0.302. The van der Waals surface area contributed by atoms with Gasteiger partial charge < -0.3 is 4.74 Å². The van der Waals surface area contributed by atoms with Gasteiger partial charge in [0.2, 0.25) is 5.88 Å². The zero-order valence-electron chi connectivity index (χ0n) is 7.92. The molecule has 2 nitrogen and oxygen atoms in total. The molecule has 0 aliphatic heterocycles. The molecule has 0 saturated heterocycles. The van der Waals surface area contributed by atoms with E-state index in [1.807, 2.05) is 26.0 Å². The molecule has 2 heteroatoms. The Balaban J connectivity index is 2.75. The monoisotopic (exact) mass is 165 g/mol. The lowest BCUT2D eigenvalue weighted by Gasteiger charge is -2.06. The normalized spacial score (nSPS) is 9.92. The zero-order chi connectivity index (χ0) is 8.97. The fourth-order valence-corrected chi connectivity index (χ4v) is 0.947. The molecular formula is C10H15NO. The van der Waals surface area contributed by atoms with Gasteiger partial charge in [0.1, 0.15) is 0 Å². The second-order valence-corrected chi connectivity index (χ2v) is 2.92. The minimum absolute atomic E-state index is 0.747. The van der Waals surface area contributed by atoms with Gasteiger partial charge in [0.15, 0.2) is 0 Å². The Hall–Kier alpha value is -1.05. The second-order valence-electron chi connectivity index (χ2n) is 2.92. The fourth-order valence-electron chi connectivity index (χ4n) is 0.947. The van der Waals surface area contributed by atoms with Gasteiger partial charge in [0.05, 0.1) is 6.61 Å². The molecule has 0 aromatic carbocycles. The first-order chi connectivity index (χ1) is 5.74. The van der Waals surface area contributed by atoms with E-state index in [2.05, 4.69) is 11.9 Å². The van der Waals surface area contributed by atoms with Gasteiger partial charge in [-0.3, -0.25) is 0 Å². The predicted octanol–water partition coefficient (Wildman–Crippen LogP) is 2.49. The van der Waals surface area contributed by atoms with E-state index in [0.717, 1.165) is 30.2 Å². The average molecular weight is 165 g/mol. The standard InChI is InChI=1S/C10H15NO/c1-4-7-12-10-8(2)5-6-9(3)11-10/h5-6H,4,7H2,1-3H3. The summed E-state index contributed by atoms with van der Waals surface area (Å²) in [6, 6.07) is 4.03. The van der Waals surface area contributed by atoms with Crippen molar-refractivity contribution in [2.45, 2.75) is 27.2 Å². The fraction of sp³-hybridized carbons (Fsp3) is 0.500. The molecule has 0 N–H and O–H groups in total. The van der Waals surface area contributed by atoms with Crippen molar-refractivity contribution < 1.29 is 4.74 Å². The first-order valence-electron chi connectivity index (χ1n) is 4.31. The third-order valence-corrected chi connectivity index (χ3v) is 1.63. The number of ether oxygens (including phenoxy) is 1. The van der Waals surface area contributed by atoms with Crippen LogP contribution in [0.4, 0.5) is 0 Å². The Morgan fingerprint density at radius 2 is 2.08 bits per heavy atom. The summed E-state index contributed by atoms with van der Waals surface area (Å²) >= 11 is 0. The van der Waals surface area contributed by atoms with Crippen LogP contribution in [-0.4, -0.2) is 11.6 Å². The van der Waals surface area contributed by atoms with Crippen LogP contribution in [0.1, 0.15) is 24.6 Å². The second kappa shape index (κ2) is 4.10. The molecule has 0 atom stereocenters. The Kier molecular flexibility index (Phi) is 3.09. The average Bonchev–Trinajstić information content (AvgIpc) is 2.07. The van der Waals surface area contributed by atoms with Gasteiger partial charge in [-0.15, -0.1) is 0 Å². The maximum absolute atomic E-state index is 5.46. The van der Waals surface area contributed by atoms with Crippen LogP contribution in [0.15, 0.2) is 12.1 Å². The molecule has 1 heterocycles. The maximum Gasteiger partial charge on any atom is 0.216 e. The van der Waals surface area contributed by atoms with E-state index in [9.17, 15) is 0 Å². The van der Waals surface area contributed by atoms with Crippen molar-refractivity contribution >= 4 is 0 Å².